The summed E-state index contributed by atoms with van der Waals surface area (Å²) in [5, 5.41) is 0.496. The van der Waals surface area contributed by atoms with Gasteiger partial charge in [-0.3, -0.25) is 9.69 Å². The Labute approximate surface area is 173 Å². The van der Waals surface area contributed by atoms with E-state index in [0.717, 1.165) is 15.7 Å². The van der Waals surface area contributed by atoms with Crippen molar-refractivity contribution in [1.82, 2.24) is 14.5 Å². The smallest absolute Gasteiger partial charge is 0.260 e. The molecule has 4 aromatic rings. The minimum absolute atomic E-state index is 0.161. The predicted octanol–water partition coefficient (Wildman–Crippen LogP) is 5.13. The third kappa shape index (κ3) is 3.98. The van der Waals surface area contributed by atoms with Gasteiger partial charge in [-0.15, -0.1) is 0 Å². The van der Waals surface area contributed by atoms with E-state index in [0.29, 0.717) is 29.2 Å². The number of halogens is 2. The SMILES string of the molecule is O=C(c1cccc(Br)c1)N(CCCn1ccnc1)c1nc2c(F)cccc2s1. The van der Waals surface area contributed by atoms with E-state index in [9.17, 15) is 9.18 Å². The molecule has 0 aliphatic carbocycles. The molecule has 28 heavy (non-hydrogen) atoms. The normalized spacial score (nSPS) is 11.1. The third-order valence-corrected chi connectivity index (χ3v) is 5.80. The van der Waals surface area contributed by atoms with Gasteiger partial charge in [-0.25, -0.2) is 14.4 Å². The van der Waals surface area contributed by atoms with Gasteiger partial charge in [0.1, 0.15) is 11.3 Å². The minimum Gasteiger partial charge on any atom is -0.337 e. The van der Waals surface area contributed by atoms with E-state index in [-0.39, 0.29) is 11.7 Å². The Bertz CT molecular complexity index is 1110. The lowest BCUT2D eigenvalue weighted by atomic mass is 10.2. The third-order valence-electron chi connectivity index (χ3n) is 4.26. The highest BCUT2D eigenvalue weighted by atomic mass is 79.9. The second-order valence-corrected chi connectivity index (χ2v) is 8.13. The van der Waals surface area contributed by atoms with Crippen LogP contribution >= 0.6 is 27.3 Å². The molecule has 5 nitrogen and oxygen atoms in total. The number of carbonyl (C=O) groups is 1. The van der Waals surface area contributed by atoms with E-state index in [4.69, 9.17) is 0 Å². The maximum Gasteiger partial charge on any atom is 0.260 e. The fourth-order valence-corrected chi connectivity index (χ4v) is 4.31. The number of thiazole rings is 1. The quantitative estimate of drug-likeness (QED) is 0.402. The summed E-state index contributed by atoms with van der Waals surface area (Å²) in [4.78, 5) is 23.3. The van der Waals surface area contributed by atoms with Crippen molar-refractivity contribution in [1.29, 1.82) is 0 Å². The molecule has 8 heteroatoms. The molecule has 0 bridgehead atoms. The Morgan fingerprint density at radius 1 is 1.25 bits per heavy atom. The molecule has 2 heterocycles. The molecular weight excluding hydrogens is 443 g/mol. The summed E-state index contributed by atoms with van der Waals surface area (Å²) in [7, 11) is 0. The van der Waals surface area contributed by atoms with E-state index in [2.05, 4.69) is 25.9 Å². The highest BCUT2D eigenvalue weighted by Crippen LogP contribution is 2.31. The summed E-state index contributed by atoms with van der Waals surface area (Å²) in [6, 6.07) is 12.1. The Hall–Kier alpha value is -2.58. The van der Waals surface area contributed by atoms with Crippen molar-refractivity contribution in [2.24, 2.45) is 0 Å². The standard InChI is InChI=1S/C20H16BrFN4OS/c21-15-5-1-4-14(12-15)19(27)26(10-3-9-25-11-8-23-13-25)20-24-18-16(22)6-2-7-17(18)28-20/h1-2,4-8,11-13H,3,9-10H2. The Morgan fingerprint density at radius 2 is 2.11 bits per heavy atom. The van der Waals surface area contributed by atoms with Gasteiger partial charge in [-0.1, -0.05) is 39.4 Å². The number of imidazole rings is 1. The first-order valence-electron chi connectivity index (χ1n) is 8.70. The zero-order chi connectivity index (χ0) is 19.5. The number of nitrogens with zero attached hydrogens (tertiary/aromatic N) is 4. The van der Waals surface area contributed by atoms with Crippen molar-refractivity contribution in [2.45, 2.75) is 13.0 Å². The molecular formula is C20H16BrFN4OS. The van der Waals surface area contributed by atoms with Crippen LogP contribution in [0.3, 0.4) is 0 Å². The Morgan fingerprint density at radius 3 is 2.86 bits per heavy atom. The summed E-state index contributed by atoms with van der Waals surface area (Å²) in [6.07, 6.45) is 6.07. The van der Waals surface area contributed by atoms with Gasteiger partial charge in [0.25, 0.3) is 5.91 Å². The minimum atomic E-state index is -0.381. The molecule has 0 atom stereocenters. The zero-order valence-corrected chi connectivity index (χ0v) is 17.2. The molecule has 2 aromatic carbocycles. The average molecular weight is 459 g/mol. The fraction of sp³-hybridized carbons (Fsp3) is 0.150. The summed E-state index contributed by atoms with van der Waals surface area (Å²) < 4.78 is 17.6. The van der Waals surface area contributed by atoms with Crippen LogP contribution in [0.1, 0.15) is 16.8 Å². The Balaban J connectivity index is 1.65. The molecule has 0 unspecified atom stereocenters. The number of hydrogen-bond acceptors (Lipinski definition) is 4. The monoisotopic (exact) mass is 458 g/mol. The number of amides is 1. The van der Waals surface area contributed by atoms with Crippen LogP contribution in [0.4, 0.5) is 9.52 Å². The van der Waals surface area contributed by atoms with Crippen LogP contribution in [0.25, 0.3) is 10.2 Å². The van der Waals surface area contributed by atoms with Gasteiger partial charge in [0.05, 0.1) is 11.0 Å². The molecule has 2 aromatic heterocycles. The van der Waals surface area contributed by atoms with E-state index >= 15 is 0 Å². The van der Waals surface area contributed by atoms with Gasteiger partial charge in [-0.05, 0) is 36.8 Å². The molecule has 1 amide bonds. The molecule has 142 valence electrons. The van der Waals surface area contributed by atoms with Crippen LogP contribution in [0.15, 0.2) is 65.7 Å². The van der Waals surface area contributed by atoms with Gasteiger partial charge < -0.3 is 4.57 Å². The number of rotatable bonds is 6. The van der Waals surface area contributed by atoms with E-state index in [1.165, 1.54) is 17.4 Å². The van der Waals surface area contributed by atoms with Gasteiger partial charge in [-0.2, -0.15) is 0 Å². The first kappa shape index (κ1) is 18.8. The molecule has 0 N–H and O–H groups in total. The second kappa shape index (κ2) is 8.20. The van der Waals surface area contributed by atoms with E-state index in [1.54, 1.807) is 35.6 Å². The maximum absolute atomic E-state index is 14.1. The number of aromatic nitrogens is 3. The van der Waals surface area contributed by atoms with Gasteiger partial charge in [0, 0.05) is 35.5 Å². The lowest BCUT2D eigenvalue weighted by molar-refractivity contribution is 0.0986. The largest absolute Gasteiger partial charge is 0.337 e. The number of aryl methyl sites for hydroxylation is 1. The van der Waals surface area contributed by atoms with Crippen molar-refractivity contribution >= 4 is 48.5 Å². The summed E-state index contributed by atoms with van der Waals surface area (Å²) in [5.41, 5.74) is 0.848. The summed E-state index contributed by atoms with van der Waals surface area (Å²) >= 11 is 4.73. The van der Waals surface area contributed by atoms with Crippen LogP contribution in [0.2, 0.25) is 0 Å². The van der Waals surface area contributed by atoms with Crippen LogP contribution < -0.4 is 4.90 Å². The number of carbonyl (C=O) groups excluding carboxylic acids is 1. The van der Waals surface area contributed by atoms with Crippen LogP contribution in [0, 0.1) is 5.82 Å². The van der Waals surface area contributed by atoms with Crippen LogP contribution in [-0.2, 0) is 6.54 Å². The maximum atomic E-state index is 14.1. The topological polar surface area (TPSA) is 51.0 Å². The number of benzene rings is 2. The van der Waals surface area contributed by atoms with Gasteiger partial charge in [0.2, 0.25) is 0 Å². The number of para-hydroxylation sites is 1. The number of hydrogen-bond donors (Lipinski definition) is 0. The first-order chi connectivity index (χ1) is 13.6. The van der Waals surface area contributed by atoms with Crippen molar-refractivity contribution in [3.8, 4) is 0 Å². The first-order valence-corrected chi connectivity index (χ1v) is 10.3. The van der Waals surface area contributed by atoms with Gasteiger partial charge in [0.15, 0.2) is 5.13 Å². The fourth-order valence-electron chi connectivity index (χ4n) is 2.91. The predicted molar refractivity (Wildman–Crippen MR) is 112 cm³/mol. The summed E-state index contributed by atoms with van der Waals surface area (Å²) in [6.45, 7) is 1.19. The van der Waals surface area contributed by atoms with Crippen LogP contribution in [0.5, 0.6) is 0 Å². The highest BCUT2D eigenvalue weighted by molar-refractivity contribution is 9.10. The summed E-state index contributed by atoms with van der Waals surface area (Å²) in [5.74, 6) is -0.542. The number of fused-ring (bicyclic) bond motifs is 1. The highest BCUT2D eigenvalue weighted by Gasteiger charge is 2.22. The molecule has 0 spiro atoms. The molecule has 0 aliphatic heterocycles. The van der Waals surface area contributed by atoms with Crippen molar-refractivity contribution in [3.63, 3.8) is 0 Å². The van der Waals surface area contributed by atoms with Crippen molar-refractivity contribution in [2.75, 3.05) is 11.4 Å². The average Bonchev–Trinajstić information content (AvgIpc) is 3.35. The van der Waals surface area contributed by atoms with E-state index < -0.39 is 0 Å². The lowest BCUT2D eigenvalue weighted by Crippen LogP contribution is -2.32. The number of anilines is 1. The molecule has 0 fully saturated rings. The Kier molecular flexibility index (Phi) is 5.50. The van der Waals surface area contributed by atoms with E-state index in [1.807, 2.05) is 29.0 Å². The molecule has 0 saturated heterocycles. The zero-order valence-electron chi connectivity index (χ0n) is 14.8. The molecule has 0 aliphatic rings. The van der Waals surface area contributed by atoms with Crippen LogP contribution in [-0.4, -0.2) is 27.0 Å². The second-order valence-electron chi connectivity index (χ2n) is 6.20. The lowest BCUT2D eigenvalue weighted by Gasteiger charge is -2.20. The molecule has 0 saturated carbocycles. The van der Waals surface area contributed by atoms with Crippen molar-refractivity contribution < 1.29 is 9.18 Å². The molecule has 0 radical (unpaired) electrons. The van der Waals surface area contributed by atoms with Crippen molar-refractivity contribution in [3.05, 3.63) is 77.0 Å². The van der Waals surface area contributed by atoms with Gasteiger partial charge >= 0.3 is 0 Å². The molecule has 4 rings (SSSR count).